The summed E-state index contributed by atoms with van der Waals surface area (Å²) >= 11 is 0. The third-order valence-corrected chi connectivity index (χ3v) is 12.4. The van der Waals surface area contributed by atoms with E-state index >= 15 is 0 Å². The van der Waals surface area contributed by atoms with Crippen molar-refractivity contribution in [1.29, 1.82) is 0 Å². The van der Waals surface area contributed by atoms with Crippen LogP contribution in [0.2, 0.25) is 0 Å². The van der Waals surface area contributed by atoms with Crippen molar-refractivity contribution in [3.63, 3.8) is 0 Å². The fourth-order valence-corrected chi connectivity index (χ4v) is 10.0. The summed E-state index contributed by atoms with van der Waals surface area (Å²) in [7, 11) is 0. The minimum atomic E-state index is -0.118. The van der Waals surface area contributed by atoms with Crippen molar-refractivity contribution in [3.05, 3.63) is 11.6 Å². The molecule has 0 spiro atoms. The molecular weight excluding hydrogens is 480 g/mol. The van der Waals surface area contributed by atoms with E-state index in [0.29, 0.717) is 29.8 Å². The van der Waals surface area contributed by atoms with Gasteiger partial charge in [-0.05, 0) is 105 Å². The Morgan fingerprint density at radius 2 is 1.64 bits per heavy atom. The molecule has 8 atom stereocenters. The standard InChI is InChI=1S/C36H62O3/c1-5-6-7-8-9-10-11-12-13-14-25-39-34(38)20-15-27(2)31-18-19-32-30-17-16-28-26-29(37)21-23-35(28,3)33(30)22-24-36(31,32)4/h16,27,29-33,37H,5-15,17-26H2,1-4H3/t27-,29+,30+,31-,32+,33+,35+,36-/m1/s1. The van der Waals surface area contributed by atoms with Crippen LogP contribution >= 0.6 is 0 Å². The van der Waals surface area contributed by atoms with Crippen LogP contribution < -0.4 is 0 Å². The van der Waals surface area contributed by atoms with Crippen molar-refractivity contribution in [2.24, 2.45) is 40.4 Å². The summed E-state index contributed by atoms with van der Waals surface area (Å²) in [5, 5.41) is 10.3. The predicted octanol–water partition coefficient (Wildman–Crippen LogP) is 9.81. The Morgan fingerprint density at radius 1 is 0.949 bits per heavy atom. The number of aliphatic hydroxyl groups is 1. The first-order valence-corrected chi connectivity index (χ1v) is 17.3. The number of aliphatic hydroxyl groups excluding tert-OH is 1. The first-order chi connectivity index (χ1) is 18.8. The molecule has 1 N–H and O–H groups in total. The molecule has 0 aliphatic heterocycles. The van der Waals surface area contributed by atoms with E-state index in [1.807, 2.05) is 0 Å². The molecule has 3 saturated carbocycles. The lowest BCUT2D eigenvalue weighted by Crippen LogP contribution is -2.50. The van der Waals surface area contributed by atoms with Crippen molar-refractivity contribution in [2.75, 3.05) is 6.61 Å². The van der Waals surface area contributed by atoms with Gasteiger partial charge in [-0.3, -0.25) is 4.79 Å². The number of esters is 1. The van der Waals surface area contributed by atoms with E-state index in [-0.39, 0.29) is 12.1 Å². The number of allylic oxidation sites excluding steroid dienone is 1. The fourth-order valence-electron chi connectivity index (χ4n) is 10.0. The molecule has 4 aliphatic carbocycles. The molecule has 3 fully saturated rings. The maximum atomic E-state index is 12.5. The normalized spacial score (nSPS) is 36.4. The molecule has 0 bridgehead atoms. The molecule has 39 heavy (non-hydrogen) atoms. The Kier molecular flexibility index (Phi) is 11.5. The van der Waals surface area contributed by atoms with E-state index in [1.54, 1.807) is 5.57 Å². The molecule has 0 aromatic carbocycles. The molecule has 0 saturated heterocycles. The zero-order valence-electron chi connectivity index (χ0n) is 26.2. The number of fused-ring (bicyclic) bond motifs is 5. The number of carbonyl (C=O) groups is 1. The van der Waals surface area contributed by atoms with Gasteiger partial charge in [-0.25, -0.2) is 0 Å². The second kappa shape index (κ2) is 14.4. The fraction of sp³-hybridized carbons (Fsp3) is 0.917. The highest BCUT2D eigenvalue weighted by atomic mass is 16.5. The monoisotopic (exact) mass is 542 g/mol. The summed E-state index contributed by atoms with van der Waals surface area (Å²) in [4.78, 5) is 12.5. The second-order valence-electron chi connectivity index (χ2n) is 14.8. The number of rotatable bonds is 15. The second-order valence-corrected chi connectivity index (χ2v) is 14.8. The van der Waals surface area contributed by atoms with Crippen molar-refractivity contribution < 1.29 is 14.6 Å². The average Bonchev–Trinajstić information content (AvgIpc) is 3.28. The number of ether oxygens (including phenoxy) is 1. The molecule has 0 heterocycles. The molecule has 4 rings (SSSR count). The maximum Gasteiger partial charge on any atom is 0.305 e. The van der Waals surface area contributed by atoms with Crippen LogP contribution in [-0.4, -0.2) is 23.8 Å². The summed E-state index contributed by atoms with van der Waals surface area (Å²) in [6, 6.07) is 0. The van der Waals surface area contributed by atoms with Crippen LogP contribution in [0.4, 0.5) is 0 Å². The van der Waals surface area contributed by atoms with Gasteiger partial charge in [0.15, 0.2) is 0 Å². The van der Waals surface area contributed by atoms with Gasteiger partial charge in [0, 0.05) is 6.42 Å². The van der Waals surface area contributed by atoms with Crippen molar-refractivity contribution in [3.8, 4) is 0 Å². The molecule has 0 radical (unpaired) electrons. The molecule has 224 valence electrons. The molecular formula is C36H62O3. The van der Waals surface area contributed by atoms with Crippen LogP contribution in [0, 0.1) is 40.4 Å². The summed E-state index contributed by atoms with van der Waals surface area (Å²) in [5.41, 5.74) is 2.33. The summed E-state index contributed by atoms with van der Waals surface area (Å²) < 4.78 is 5.64. The summed E-state index contributed by atoms with van der Waals surface area (Å²) in [5.74, 6) is 3.81. The van der Waals surface area contributed by atoms with E-state index in [4.69, 9.17) is 4.74 Å². The summed E-state index contributed by atoms with van der Waals surface area (Å²) in [6.45, 7) is 10.4. The zero-order valence-corrected chi connectivity index (χ0v) is 26.2. The van der Waals surface area contributed by atoms with Crippen molar-refractivity contribution >= 4 is 5.97 Å². The van der Waals surface area contributed by atoms with Crippen molar-refractivity contribution in [2.45, 2.75) is 162 Å². The Morgan fingerprint density at radius 3 is 2.36 bits per heavy atom. The highest BCUT2D eigenvalue weighted by Crippen LogP contribution is 2.67. The molecule has 3 heteroatoms. The van der Waals surface area contributed by atoms with Crippen LogP contribution in [0.3, 0.4) is 0 Å². The van der Waals surface area contributed by atoms with Gasteiger partial charge in [0.05, 0.1) is 12.7 Å². The Bertz CT molecular complexity index is 803. The third-order valence-electron chi connectivity index (χ3n) is 12.4. The predicted molar refractivity (Wildman–Crippen MR) is 162 cm³/mol. The minimum absolute atomic E-state index is 0.0264. The lowest BCUT2D eigenvalue weighted by molar-refractivity contribution is -0.144. The number of unbranched alkanes of at least 4 members (excludes halogenated alkanes) is 9. The highest BCUT2D eigenvalue weighted by Gasteiger charge is 2.59. The van der Waals surface area contributed by atoms with E-state index in [1.165, 1.54) is 96.3 Å². The van der Waals surface area contributed by atoms with Crippen LogP contribution in [0.15, 0.2) is 11.6 Å². The van der Waals surface area contributed by atoms with E-state index in [9.17, 15) is 9.90 Å². The number of hydrogen-bond donors (Lipinski definition) is 1. The maximum absolute atomic E-state index is 12.5. The first-order valence-electron chi connectivity index (χ1n) is 17.3. The van der Waals surface area contributed by atoms with Gasteiger partial charge in [0.2, 0.25) is 0 Å². The molecule has 0 unspecified atom stereocenters. The van der Waals surface area contributed by atoms with Crippen LogP contribution in [-0.2, 0) is 9.53 Å². The lowest BCUT2D eigenvalue weighted by atomic mass is 9.47. The third kappa shape index (κ3) is 7.34. The summed E-state index contributed by atoms with van der Waals surface area (Å²) in [6.07, 6.45) is 26.8. The average molecular weight is 543 g/mol. The van der Waals surface area contributed by atoms with Crippen molar-refractivity contribution in [1.82, 2.24) is 0 Å². The van der Waals surface area contributed by atoms with E-state index in [0.717, 1.165) is 49.4 Å². The zero-order chi connectivity index (χ0) is 27.9. The lowest BCUT2D eigenvalue weighted by Gasteiger charge is -2.58. The Balaban J connectivity index is 1.15. The Hall–Kier alpha value is -0.830. The van der Waals surface area contributed by atoms with Gasteiger partial charge in [-0.2, -0.15) is 0 Å². The van der Waals surface area contributed by atoms with Gasteiger partial charge in [0.1, 0.15) is 0 Å². The minimum Gasteiger partial charge on any atom is -0.466 e. The number of hydrogen-bond acceptors (Lipinski definition) is 3. The quantitative estimate of drug-likeness (QED) is 0.127. The van der Waals surface area contributed by atoms with Crippen LogP contribution in [0.25, 0.3) is 0 Å². The largest absolute Gasteiger partial charge is 0.466 e. The molecule has 0 aromatic heterocycles. The van der Waals surface area contributed by atoms with Gasteiger partial charge in [-0.15, -0.1) is 0 Å². The smallest absolute Gasteiger partial charge is 0.305 e. The van der Waals surface area contributed by atoms with E-state index < -0.39 is 0 Å². The molecule has 0 amide bonds. The first kappa shape index (κ1) is 31.1. The van der Waals surface area contributed by atoms with Gasteiger partial charge >= 0.3 is 5.97 Å². The van der Waals surface area contributed by atoms with Gasteiger partial charge in [-0.1, -0.05) is 97.1 Å². The molecule has 3 nitrogen and oxygen atoms in total. The Labute approximate surface area is 241 Å². The number of carbonyl (C=O) groups excluding carboxylic acids is 1. The van der Waals surface area contributed by atoms with E-state index in [2.05, 4.69) is 33.8 Å². The molecule has 4 aliphatic rings. The SMILES string of the molecule is CCCCCCCCCCCCOC(=O)CC[C@@H](C)[C@H]1CC[C@H]2[C@@H]3CC=C4C[C@@H](O)CC[C@]4(C)[C@H]3CC[C@]12C. The van der Waals surface area contributed by atoms with Gasteiger partial charge in [0.25, 0.3) is 0 Å². The molecule has 0 aromatic rings. The topological polar surface area (TPSA) is 46.5 Å². The van der Waals surface area contributed by atoms with Crippen LogP contribution in [0.1, 0.15) is 156 Å². The van der Waals surface area contributed by atoms with Gasteiger partial charge < -0.3 is 9.84 Å². The highest BCUT2D eigenvalue weighted by molar-refractivity contribution is 5.69. The van der Waals surface area contributed by atoms with Crippen LogP contribution in [0.5, 0.6) is 0 Å².